The van der Waals surface area contributed by atoms with Crippen LogP contribution in [-0.4, -0.2) is 35.4 Å². The standard InChI is InChI=1S/C32H43NO4/c1-4-6-7-8-9-10-11-12-13-14-23-33-29(25-17-15-24(5-2)16-18-25)28(31(35)32(33)36)30(34)26-19-21-27(37-3)22-20-26/h15-22,29,34H,4-14,23H2,1-3H3/b30-28-. The van der Waals surface area contributed by atoms with Gasteiger partial charge in [0.05, 0.1) is 18.7 Å². The molecule has 0 radical (unpaired) electrons. The van der Waals surface area contributed by atoms with Crippen LogP contribution in [-0.2, 0) is 16.0 Å². The quantitative estimate of drug-likeness (QED) is 0.117. The number of amides is 1. The number of likely N-dealkylation sites (tertiary alicyclic amines) is 1. The maximum Gasteiger partial charge on any atom is 0.295 e. The summed E-state index contributed by atoms with van der Waals surface area (Å²) in [5.41, 5.74) is 2.68. The van der Waals surface area contributed by atoms with Crippen molar-refractivity contribution in [1.29, 1.82) is 0 Å². The first-order valence-electron chi connectivity index (χ1n) is 14.0. The Hall–Kier alpha value is -3.08. The van der Waals surface area contributed by atoms with E-state index in [2.05, 4.69) is 13.8 Å². The monoisotopic (exact) mass is 505 g/mol. The van der Waals surface area contributed by atoms with Gasteiger partial charge in [-0.15, -0.1) is 0 Å². The summed E-state index contributed by atoms with van der Waals surface area (Å²) in [6.45, 7) is 4.83. The zero-order chi connectivity index (χ0) is 26.6. The van der Waals surface area contributed by atoms with Crippen LogP contribution in [0.1, 0.15) is 101 Å². The third-order valence-electron chi connectivity index (χ3n) is 7.36. The molecule has 0 spiro atoms. The second-order valence-electron chi connectivity index (χ2n) is 10.00. The lowest BCUT2D eigenvalue weighted by molar-refractivity contribution is -0.139. The highest BCUT2D eigenvalue weighted by atomic mass is 16.5. The number of unbranched alkanes of at least 4 members (excludes halogenated alkanes) is 9. The number of aliphatic hydroxyl groups excluding tert-OH is 1. The van der Waals surface area contributed by atoms with Crippen LogP contribution in [0.25, 0.3) is 5.76 Å². The minimum Gasteiger partial charge on any atom is -0.507 e. The van der Waals surface area contributed by atoms with Gasteiger partial charge in [-0.1, -0.05) is 95.9 Å². The van der Waals surface area contributed by atoms with Gasteiger partial charge < -0.3 is 14.7 Å². The summed E-state index contributed by atoms with van der Waals surface area (Å²) < 4.78 is 5.22. The van der Waals surface area contributed by atoms with E-state index in [0.29, 0.717) is 17.9 Å². The Labute approximate surface area is 222 Å². The molecule has 0 saturated carbocycles. The molecule has 1 saturated heterocycles. The smallest absolute Gasteiger partial charge is 0.295 e. The summed E-state index contributed by atoms with van der Waals surface area (Å²) in [6, 6.07) is 14.3. The number of carbonyl (C=O) groups is 2. The largest absolute Gasteiger partial charge is 0.507 e. The molecule has 2 aromatic rings. The average molecular weight is 506 g/mol. The van der Waals surface area contributed by atoms with Crippen molar-refractivity contribution in [3.63, 3.8) is 0 Å². The predicted octanol–water partition coefficient (Wildman–Crippen LogP) is 7.60. The lowest BCUT2D eigenvalue weighted by Crippen LogP contribution is -2.30. The molecule has 5 heteroatoms. The van der Waals surface area contributed by atoms with E-state index in [1.165, 1.54) is 50.5 Å². The number of nitrogens with zero attached hydrogens (tertiary/aromatic N) is 1. The Bertz CT molecular complexity index is 1040. The van der Waals surface area contributed by atoms with E-state index >= 15 is 0 Å². The van der Waals surface area contributed by atoms with Gasteiger partial charge in [0.25, 0.3) is 11.7 Å². The lowest BCUT2D eigenvalue weighted by Gasteiger charge is -2.25. The topological polar surface area (TPSA) is 66.8 Å². The van der Waals surface area contributed by atoms with Crippen molar-refractivity contribution < 1.29 is 19.4 Å². The van der Waals surface area contributed by atoms with Crippen LogP contribution in [0.4, 0.5) is 0 Å². The highest BCUT2D eigenvalue weighted by molar-refractivity contribution is 6.46. The van der Waals surface area contributed by atoms with Crippen molar-refractivity contribution in [2.75, 3.05) is 13.7 Å². The number of rotatable bonds is 15. The van der Waals surface area contributed by atoms with E-state index in [1.807, 2.05) is 24.3 Å². The van der Waals surface area contributed by atoms with Crippen LogP contribution in [0.5, 0.6) is 5.75 Å². The van der Waals surface area contributed by atoms with Crippen molar-refractivity contribution in [2.45, 2.75) is 90.5 Å². The van der Waals surface area contributed by atoms with Gasteiger partial charge in [0.2, 0.25) is 0 Å². The molecule has 2 aromatic carbocycles. The van der Waals surface area contributed by atoms with Gasteiger partial charge in [-0.2, -0.15) is 0 Å². The van der Waals surface area contributed by atoms with Crippen molar-refractivity contribution in [3.05, 3.63) is 70.8 Å². The molecular weight excluding hydrogens is 462 g/mol. The van der Waals surface area contributed by atoms with Gasteiger partial charge in [-0.3, -0.25) is 9.59 Å². The molecule has 37 heavy (non-hydrogen) atoms. The van der Waals surface area contributed by atoms with Gasteiger partial charge in [-0.25, -0.2) is 0 Å². The predicted molar refractivity (Wildman–Crippen MR) is 150 cm³/mol. The van der Waals surface area contributed by atoms with Gasteiger partial charge >= 0.3 is 0 Å². The molecule has 3 rings (SSSR count). The molecule has 1 aliphatic heterocycles. The summed E-state index contributed by atoms with van der Waals surface area (Å²) in [7, 11) is 1.58. The summed E-state index contributed by atoms with van der Waals surface area (Å²) in [4.78, 5) is 28.0. The van der Waals surface area contributed by atoms with Crippen molar-refractivity contribution in [3.8, 4) is 5.75 Å². The molecule has 1 aliphatic rings. The summed E-state index contributed by atoms with van der Waals surface area (Å²) in [5.74, 6) is -0.638. The summed E-state index contributed by atoms with van der Waals surface area (Å²) >= 11 is 0. The number of methoxy groups -OCH3 is 1. The van der Waals surface area contributed by atoms with E-state index in [0.717, 1.165) is 31.2 Å². The molecule has 1 unspecified atom stereocenters. The second-order valence-corrected chi connectivity index (χ2v) is 10.00. The van der Waals surface area contributed by atoms with Crippen molar-refractivity contribution in [1.82, 2.24) is 4.90 Å². The molecule has 200 valence electrons. The van der Waals surface area contributed by atoms with E-state index in [9.17, 15) is 14.7 Å². The number of carbonyl (C=O) groups excluding carboxylic acids is 2. The first-order valence-corrected chi connectivity index (χ1v) is 14.0. The number of hydrogen-bond donors (Lipinski definition) is 1. The van der Waals surface area contributed by atoms with Crippen LogP contribution in [0, 0.1) is 0 Å². The lowest BCUT2D eigenvalue weighted by atomic mass is 9.94. The third kappa shape index (κ3) is 7.47. The Morgan fingerprint density at radius 1 is 0.811 bits per heavy atom. The van der Waals surface area contributed by atoms with Gasteiger partial charge in [0, 0.05) is 12.1 Å². The molecule has 0 bridgehead atoms. The Morgan fingerprint density at radius 3 is 1.92 bits per heavy atom. The molecule has 1 amide bonds. The molecule has 1 atom stereocenters. The van der Waals surface area contributed by atoms with Crippen molar-refractivity contribution >= 4 is 17.4 Å². The average Bonchev–Trinajstić information content (AvgIpc) is 3.18. The van der Waals surface area contributed by atoms with E-state index in [4.69, 9.17) is 4.74 Å². The Kier molecular flexibility index (Phi) is 11.2. The number of ketones is 1. The van der Waals surface area contributed by atoms with Crippen LogP contribution in [0.15, 0.2) is 54.1 Å². The molecule has 0 aromatic heterocycles. The Balaban J connectivity index is 1.74. The van der Waals surface area contributed by atoms with Crippen LogP contribution in [0.3, 0.4) is 0 Å². The second kappa shape index (κ2) is 14.6. The normalized spacial score (nSPS) is 16.9. The Morgan fingerprint density at radius 2 is 1.38 bits per heavy atom. The fourth-order valence-electron chi connectivity index (χ4n) is 5.07. The van der Waals surface area contributed by atoms with Crippen LogP contribution >= 0.6 is 0 Å². The highest BCUT2D eigenvalue weighted by Crippen LogP contribution is 2.40. The summed E-state index contributed by atoms with van der Waals surface area (Å²) in [6.07, 6.45) is 13.0. The van der Waals surface area contributed by atoms with Gasteiger partial charge in [-0.05, 0) is 48.2 Å². The first kappa shape index (κ1) is 28.5. The maximum atomic E-state index is 13.2. The third-order valence-corrected chi connectivity index (χ3v) is 7.36. The van der Waals surface area contributed by atoms with Gasteiger partial charge in [0.15, 0.2) is 0 Å². The zero-order valence-electron chi connectivity index (χ0n) is 22.8. The molecule has 1 fully saturated rings. The maximum absolute atomic E-state index is 13.2. The molecule has 1 N–H and O–H groups in total. The fraction of sp³-hybridized carbons (Fsp3) is 0.500. The number of benzene rings is 2. The molecule has 5 nitrogen and oxygen atoms in total. The molecular formula is C32H43NO4. The van der Waals surface area contributed by atoms with Crippen molar-refractivity contribution in [2.24, 2.45) is 0 Å². The SMILES string of the molecule is CCCCCCCCCCCCN1C(=O)C(=O)/C(=C(\O)c2ccc(OC)cc2)C1c1ccc(CC)cc1. The number of aryl methyl sites for hydroxylation is 1. The number of Topliss-reactive ketones (excluding diaryl/α,β-unsaturated/α-hetero) is 1. The van der Waals surface area contributed by atoms with E-state index in [-0.39, 0.29) is 11.3 Å². The fourth-order valence-corrected chi connectivity index (χ4v) is 5.07. The van der Waals surface area contributed by atoms with Crippen LogP contribution < -0.4 is 4.74 Å². The van der Waals surface area contributed by atoms with E-state index in [1.54, 1.807) is 36.3 Å². The van der Waals surface area contributed by atoms with Crippen LogP contribution in [0.2, 0.25) is 0 Å². The number of ether oxygens (including phenoxy) is 1. The highest BCUT2D eigenvalue weighted by Gasteiger charge is 2.45. The molecule has 1 heterocycles. The number of hydrogen-bond acceptors (Lipinski definition) is 4. The minimum absolute atomic E-state index is 0.142. The summed E-state index contributed by atoms with van der Waals surface area (Å²) in [5, 5.41) is 11.2. The number of aliphatic hydroxyl groups is 1. The minimum atomic E-state index is -0.620. The first-order chi connectivity index (χ1) is 18.0. The zero-order valence-corrected chi connectivity index (χ0v) is 22.8. The van der Waals surface area contributed by atoms with Gasteiger partial charge in [0.1, 0.15) is 11.5 Å². The molecule has 0 aliphatic carbocycles. The van der Waals surface area contributed by atoms with E-state index < -0.39 is 17.7 Å².